The van der Waals surface area contributed by atoms with Gasteiger partial charge in [0.25, 0.3) is 5.91 Å². The largest absolute Gasteiger partial charge is 0.490 e. The lowest BCUT2D eigenvalue weighted by Crippen LogP contribution is -2.27. The fraction of sp³-hybridized carbons (Fsp3) is 0.208. The lowest BCUT2D eigenvalue weighted by molar-refractivity contribution is 0.0947. The van der Waals surface area contributed by atoms with Gasteiger partial charge in [-0.25, -0.2) is 9.78 Å². The number of ether oxygens (including phenoxy) is 1. The van der Waals surface area contributed by atoms with Crippen molar-refractivity contribution >= 4 is 28.2 Å². The van der Waals surface area contributed by atoms with Crippen LogP contribution in [0.2, 0.25) is 0 Å². The van der Waals surface area contributed by atoms with Crippen LogP contribution in [0.5, 0.6) is 5.75 Å². The Labute approximate surface area is 183 Å². The number of thiazole rings is 1. The molecule has 0 aliphatic heterocycles. The van der Waals surface area contributed by atoms with E-state index in [0.29, 0.717) is 23.3 Å². The first kappa shape index (κ1) is 20.8. The van der Waals surface area contributed by atoms with E-state index in [1.54, 1.807) is 18.2 Å². The van der Waals surface area contributed by atoms with E-state index in [1.807, 2.05) is 45.0 Å². The number of para-hydroxylation sites is 1. The van der Waals surface area contributed by atoms with Crippen LogP contribution in [0.3, 0.4) is 0 Å². The monoisotopic (exact) mass is 434 g/mol. The van der Waals surface area contributed by atoms with E-state index in [-0.39, 0.29) is 12.1 Å². The number of aryl methyl sites for hydroxylation is 2. The highest BCUT2D eigenvalue weighted by atomic mass is 32.1. The maximum atomic E-state index is 12.7. The second-order valence-corrected chi connectivity index (χ2v) is 8.16. The van der Waals surface area contributed by atoms with Crippen molar-refractivity contribution in [3.8, 4) is 16.3 Å². The maximum absolute atomic E-state index is 12.7. The molecule has 0 aliphatic rings. The van der Waals surface area contributed by atoms with Gasteiger partial charge in [0.05, 0.1) is 18.8 Å². The summed E-state index contributed by atoms with van der Waals surface area (Å²) in [5, 5.41) is 4.36. The number of amides is 1. The first-order valence-corrected chi connectivity index (χ1v) is 10.8. The molecular formula is C24H22N2O4S. The predicted octanol–water partition coefficient (Wildman–Crippen LogP) is 4.86. The minimum Gasteiger partial charge on any atom is -0.490 e. The summed E-state index contributed by atoms with van der Waals surface area (Å²) in [5.41, 5.74) is 2.68. The van der Waals surface area contributed by atoms with E-state index in [1.165, 1.54) is 17.4 Å². The Balaban J connectivity index is 1.56. The van der Waals surface area contributed by atoms with Crippen molar-refractivity contribution in [1.82, 2.24) is 10.3 Å². The van der Waals surface area contributed by atoms with Crippen LogP contribution in [0.25, 0.3) is 21.5 Å². The van der Waals surface area contributed by atoms with E-state index in [2.05, 4.69) is 10.3 Å². The normalized spacial score (nSPS) is 10.9. The van der Waals surface area contributed by atoms with Crippen LogP contribution in [-0.4, -0.2) is 17.5 Å². The smallest absolute Gasteiger partial charge is 0.349 e. The van der Waals surface area contributed by atoms with Gasteiger partial charge in [0.1, 0.15) is 10.6 Å². The average molecular weight is 435 g/mol. The molecule has 4 rings (SSSR count). The number of nitrogens with one attached hydrogen (secondary N) is 1. The number of carbonyl (C=O) groups excluding carboxylic acids is 1. The van der Waals surface area contributed by atoms with Crippen molar-refractivity contribution < 1.29 is 13.9 Å². The summed E-state index contributed by atoms with van der Waals surface area (Å²) >= 11 is 1.53. The first-order chi connectivity index (χ1) is 15.0. The first-order valence-electron chi connectivity index (χ1n) is 9.98. The van der Waals surface area contributed by atoms with Crippen molar-refractivity contribution in [2.45, 2.75) is 27.3 Å². The van der Waals surface area contributed by atoms with Gasteiger partial charge in [0.15, 0.2) is 11.3 Å². The lowest BCUT2D eigenvalue weighted by Gasteiger charge is -2.07. The summed E-state index contributed by atoms with van der Waals surface area (Å²) in [5.74, 6) is -0.00391. The Kier molecular flexibility index (Phi) is 5.86. The van der Waals surface area contributed by atoms with E-state index in [4.69, 9.17) is 9.15 Å². The molecule has 0 radical (unpaired) electrons. The van der Waals surface area contributed by atoms with E-state index in [9.17, 15) is 9.59 Å². The van der Waals surface area contributed by atoms with Crippen LogP contribution in [0.1, 0.15) is 33.4 Å². The number of carbonyl (C=O) groups is 1. The van der Waals surface area contributed by atoms with Gasteiger partial charge in [-0.1, -0.05) is 36.4 Å². The number of rotatable bonds is 6. The molecule has 0 saturated carbocycles. The van der Waals surface area contributed by atoms with Gasteiger partial charge >= 0.3 is 5.63 Å². The molecule has 31 heavy (non-hydrogen) atoms. The summed E-state index contributed by atoms with van der Waals surface area (Å²) < 4.78 is 10.9. The minimum absolute atomic E-state index is 0.0394. The summed E-state index contributed by atoms with van der Waals surface area (Å²) in [6.45, 7) is 6.54. The Morgan fingerprint density at radius 3 is 2.74 bits per heavy atom. The third-order valence-corrected chi connectivity index (χ3v) is 6.14. The maximum Gasteiger partial charge on any atom is 0.349 e. The predicted molar refractivity (Wildman–Crippen MR) is 122 cm³/mol. The zero-order valence-electron chi connectivity index (χ0n) is 17.5. The van der Waals surface area contributed by atoms with Crippen molar-refractivity contribution in [1.29, 1.82) is 0 Å². The zero-order valence-corrected chi connectivity index (χ0v) is 18.3. The molecule has 1 N–H and O–H groups in total. The topological polar surface area (TPSA) is 81.4 Å². The molecule has 2 aromatic heterocycles. The Morgan fingerprint density at radius 2 is 1.97 bits per heavy atom. The fourth-order valence-corrected chi connectivity index (χ4v) is 4.41. The lowest BCUT2D eigenvalue weighted by atomic mass is 10.1. The van der Waals surface area contributed by atoms with E-state index >= 15 is 0 Å². The molecule has 4 aromatic rings. The summed E-state index contributed by atoms with van der Waals surface area (Å²) in [4.78, 5) is 30.8. The van der Waals surface area contributed by atoms with Gasteiger partial charge in [-0.15, -0.1) is 11.3 Å². The van der Waals surface area contributed by atoms with E-state index < -0.39 is 11.5 Å². The molecule has 0 aliphatic carbocycles. The Morgan fingerprint density at radius 1 is 1.16 bits per heavy atom. The molecule has 1 amide bonds. The molecule has 2 aromatic carbocycles. The number of aromatic nitrogens is 1. The van der Waals surface area contributed by atoms with Crippen molar-refractivity contribution in [2.75, 3.05) is 6.61 Å². The molecule has 158 valence electrons. The zero-order chi connectivity index (χ0) is 22.0. The Bertz CT molecular complexity index is 1320. The van der Waals surface area contributed by atoms with Crippen LogP contribution in [0.15, 0.2) is 57.7 Å². The highest BCUT2D eigenvalue weighted by Crippen LogP contribution is 2.30. The highest BCUT2D eigenvalue weighted by Gasteiger charge is 2.17. The quantitative estimate of drug-likeness (QED) is 0.438. The van der Waals surface area contributed by atoms with E-state index in [0.717, 1.165) is 26.7 Å². The van der Waals surface area contributed by atoms with Gasteiger partial charge < -0.3 is 14.5 Å². The number of fused-ring (bicyclic) bond motifs is 1. The molecule has 6 nitrogen and oxygen atoms in total. The molecule has 2 heterocycles. The molecule has 0 bridgehead atoms. The third kappa shape index (κ3) is 4.22. The number of benzene rings is 2. The Hall–Kier alpha value is -3.45. The van der Waals surface area contributed by atoms with Crippen LogP contribution < -0.4 is 15.7 Å². The van der Waals surface area contributed by atoms with Gasteiger partial charge in [0, 0.05) is 15.8 Å². The van der Waals surface area contributed by atoms with Crippen LogP contribution in [0, 0.1) is 13.8 Å². The summed E-state index contributed by atoms with van der Waals surface area (Å²) in [6.07, 6.45) is 0. The van der Waals surface area contributed by atoms with Gasteiger partial charge in [-0.05, 0) is 38.5 Å². The summed E-state index contributed by atoms with van der Waals surface area (Å²) in [7, 11) is 0. The summed E-state index contributed by atoms with van der Waals surface area (Å²) in [6, 6.07) is 14.9. The standard InChI is InChI=1S/C24H22N2O4S/c1-4-29-19-11-7-9-16-12-18(24(28)30-21(16)19)22(27)25-13-20-15(3)26-23(31-20)17-10-6-5-8-14(17)2/h5-12H,4,13H2,1-3H3,(H,25,27). The highest BCUT2D eigenvalue weighted by molar-refractivity contribution is 7.15. The molecule has 0 fully saturated rings. The van der Waals surface area contributed by atoms with Crippen LogP contribution in [-0.2, 0) is 6.54 Å². The molecule has 0 atom stereocenters. The second kappa shape index (κ2) is 8.73. The third-order valence-electron chi connectivity index (χ3n) is 4.95. The minimum atomic E-state index is -0.696. The van der Waals surface area contributed by atoms with Crippen LogP contribution in [0.4, 0.5) is 0 Å². The molecule has 0 unspecified atom stereocenters. The van der Waals surface area contributed by atoms with Crippen molar-refractivity contribution in [2.24, 2.45) is 0 Å². The molecular weight excluding hydrogens is 412 g/mol. The second-order valence-electron chi connectivity index (χ2n) is 7.08. The van der Waals surface area contributed by atoms with Crippen molar-refractivity contribution in [3.63, 3.8) is 0 Å². The number of hydrogen-bond donors (Lipinski definition) is 1. The molecule has 0 spiro atoms. The average Bonchev–Trinajstić information content (AvgIpc) is 3.13. The van der Waals surface area contributed by atoms with Gasteiger partial charge in [-0.3, -0.25) is 4.79 Å². The number of hydrogen-bond acceptors (Lipinski definition) is 6. The SMILES string of the molecule is CCOc1cccc2cc(C(=O)NCc3sc(-c4ccccc4C)nc3C)c(=O)oc12. The van der Waals surface area contributed by atoms with Gasteiger partial charge in [-0.2, -0.15) is 0 Å². The number of nitrogens with zero attached hydrogens (tertiary/aromatic N) is 1. The molecule has 7 heteroatoms. The molecule has 0 saturated heterocycles. The van der Waals surface area contributed by atoms with Crippen molar-refractivity contribution in [3.05, 3.63) is 80.6 Å². The van der Waals surface area contributed by atoms with Gasteiger partial charge in [0.2, 0.25) is 0 Å². The van der Waals surface area contributed by atoms with Crippen LogP contribution >= 0.6 is 11.3 Å². The fourth-order valence-electron chi connectivity index (χ4n) is 3.32.